The van der Waals surface area contributed by atoms with Crippen molar-refractivity contribution >= 4 is 6.03 Å². The van der Waals surface area contributed by atoms with E-state index >= 15 is 0 Å². The summed E-state index contributed by atoms with van der Waals surface area (Å²) in [6.07, 6.45) is 2.07. The number of nitrogens with zero attached hydrogens (tertiary/aromatic N) is 2. The van der Waals surface area contributed by atoms with Crippen molar-refractivity contribution in [3.8, 4) is 0 Å². The maximum absolute atomic E-state index is 13.0. The van der Waals surface area contributed by atoms with Gasteiger partial charge in [0.25, 0.3) is 0 Å². The summed E-state index contributed by atoms with van der Waals surface area (Å²) in [6.45, 7) is 8.09. The van der Waals surface area contributed by atoms with Crippen molar-refractivity contribution in [3.05, 3.63) is 95.8 Å². The minimum Gasteiger partial charge on any atom is -0.345 e. The van der Waals surface area contributed by atoms with Crippen molar-refractivity contribution in [3.63, 3.8) is 0 Å². The summed E-state index contributed by atoms with van der Waals surface area (Å²) in [7, 11) is 0. The Bertz CT molecular complexity index is 879. The molecule has 28 heavy (non-hydrogen) atoms. The van der Waals surface area contributed by atoms with E-state index in [9.17, 15) is 4.79 Å². The fraction of sp³-hybridized carbons (Fsp3) is 0.292. The molecular weight excluding hydrogens is 346 g/mol. The van der Waals surface area contributed by atoms with E-state index in [1.165, 1.54) is 5.56 Å². The standard InChI is InChI=1S/C24H29N3O/c1-24(2,3)27(23(28)25-17-20-11-6-4-7-12-20)19-22-15-10-16-26(22)18-21-13-8-5-9-14-21/h4-16H,17-19H2,1-3H3,(H,25,28). The Kier molecular flexibility index (Phi) is 6.19. The maximum Gasteiger partial charge on any atom is 0.318 e. The first-order valence-corrected chi connectivity index (χ1v) is 9.71. The predicted molar refractivity (Wildman–Crippen MR) is 114 cm³/mol. The number of hydrogen-bond donors (Lipinski definition) is 1. The van der Waals surface area contributed by atoms with Crippen LogP contribution in [0.1, 0.15) is 37.6 Å². The average molecular weight is 376 g/mol. The minimum atomic E-state index is -0.289. The van der Waals surface area contributed by atoms with Crippen LogP contribution >= 0.6 is 0 Å². The molecule has 0 saturated heterocycles. The van der Waals surface area contributed by atoms with Crippen LogP contribution in [0.2, 0.25) is 0 Å². The van der Waals surface area contributed by atoms with Gasteiger partial charge in [-0.1, -0.05) is 60.7 Å². The molecule has 0 unspecified atom stereocenters. The lowest BCUT2D eigenvalue weighted by Crippen LogP contribution is -2.49. The van der Waals surface area contributed by atoms with Gasteiger partial charge in [-0.05, 0) is 44.0 Å². The molecule has 1 aromatic heterocycles. The van der Waals surface area contributed by atoms with Crippen LogP contribution in [0.3, 0.4) is 0 Å². The highest BCUT2D eigenvalue weighted by Crippen LogP contribution is 2.19. The summed E-state index contributed by atoms with van der Waals surface area (Å²) < 4.78 is 2.21. The van der Waals surface area contributed by atoms with Crippen molar-refractivity contribution in [1.29, 1.82) is 0 Å². The number of amides is 2. The fourth-order valence-electron chi connectivity index (χ4n) is 3.17. The molecular formula is C24H29N3O. The molecule has 0 saturated carbocycles. The first kappa shape index (κ1) is 19.7. The highest BCUT2D eigenvalue weighted by molar-refractivity contribution is 5.75. The molecule has 0 radical (unpaired) electrons. The molecule has 0 atom stereocenters. The number of hydrogen-bond acceptors (Lipinski definition) is 1. The van der Waals surface area contributed by atoms with Crippen LogP contribution in [0.5, 0.6) is 0 Å². The van der Waals surface area contributed by atoms with E-state index in [4.69, 9.17) is 0 Å². The van der Waals surface area contributed by atoms with Gasteiger partial charge in [-0.15, -0.1) is 0 Å². The van der Waals surface area contributed by atoms with Gasteiger partial charge in [0.2, 0.25) is 0 Å². The highest BCUT2D eigenvalue weighted by atomic mass is 16.2. The lowest BCUT2D eigenvalue weighted by atomic mass is 10.1. The summed E-state index contributed by atoms with van der Waals surface area (Å²) in [4.78, 5) is 14.9. The molecule has 3 aromatic rings. The number of benzene rings is 2. The zero-order valence-electron chi connectivity index (χ0n) is 16.9. The Balaban J connectivity index is 1.71. The van der Waals surface area contributed by atoms with Crippen LogP contribution in [-0.4, -0.2) is 21.0 Å². The SMILES string of the molecule is CC(C)(C)N(Cc1cccn1Cc1ccccc1)C(=O)NCc1ccccc1. The van der Waals surface area contributed by atoms with Gasteiger partial charge in [0.05, 0.1) is 6.54 Å². The second-order valence-electron chi connectivity index (χ2n) is 8.01. The number of carbonyl (C=O) groups is 1. The van der Waals surface area contributed by atoms with E-state index in [2.05, 4.69) is 67.2 Å². The molecule has 0 bridgehead atoms. The van der Waals surface area contributed by atoms with Gasteiger partial charge in [-0.3, -0.25) is 0 Å². The number of nitrogens with one attached hydrogen (secondary N) is 1. The van der Waals surface area contributed by atoms with Crippen molar-refractivity contribution in [2.75, 3.05) is 0 Å². The molecule has 2 amide bonds. The molecule has 0 fully saturated rings. The molecule has 1 heterocycles. The molecule has 0 aliphatic rings. The van der Waals surface area contributed by atoms with Crippen LogP contribution in [-0.2, 0) is 19.6 Å². The smallest absolute Gasteiger partial charge is 0.318 e. The summed E-state index contributed by atoms with van der Waals surface area (Å²) in [6, 6.07) is 24.4. The molecule has 4 nitrogen and oxygen atoms in total. The van der Waals surface area contributed by atoms with Gasteiger partial charge in [0, 0.05) is 30.5 Å². The third kappa shape index (κ3) is 5.26. The number of carbonyl (C=O) groups excluding carboxylic acids is 1. The van der Waals surface area contributed by atoms with Crippen LogP contribution < -0.4 is 5.32 Å². The molecule has 0 aliphatic carbocycles. The Morgan fingerprint density at radius 3 is 2.11 bits per heavy atom. The van der Waals surface area contributed by atoms with Crippen molar-refractivity contribution in [2.24, 2.45) is 0 Å². The number of aromatic nitrogens is 1. The van der Waals surface area contributed by atoms with E-state index in [-0.39, 0.29) is 11.6 Å². The lowest BCUT2D eigenvalue weighted by molar-refractivity contribution is 0.137. The predicted octanol–water partition coefficient (Wildman–Crippen LogP) is 5.05. The molecule has 2 aromatic carbocycles. The first-order valence-electron chi connectivity index (χ1n) is 9.71. The van der Waals surface area contributed by atoms with Crippen LogP contribution in [0.15, 0.2) is 79.0 Å². The number of urea groups is 1. The van der Waals surface area contributed by atoms with Gasteiger partial charge in [0.15, 0.2) is 0 Å². The summed E-state index contributed by atoms with van der Waals surface area (Å²) >= 11 is 0. The lowest BCUT2D eigenvalue weighted by Gasteiger charge is -2.36. The van der Waals surface area contributed by atoms with Crippen molar-refractivity contribution in [2.45, 2.75) is 45.9 Å². The number of rotatable bonds is 6. The quantitative estimate of drug-likeness (QED) is 0.643. The Morgan fingerprint density at radius 2 is 1.50 bits per heavy atom. The summed E-state index contributed by atoms with van der Waals surface area (Å²) in [5, 5.41) is 3.06. The van der Waals surface area contributed by atoms with Gasteiger partial charge < -0.3 is 14.8 Å². The Morgan fingerprint density at radius 1 is 0.893 bits per heavy atom. The normalized spacial score (nSPS) is 11.2. The molecule has 0 spiro atoms. The molecule has 0 aliphatic heterocycles. The third-order valence-electron chi connectivity index (χ3n) is 4.78. The van der Waals surface area contributed by atoms with Crippen LogP contribution in [0, 0.1) is 0 Å². The van der Waals surface area contributed by atoms with E-state index < -0.39 is 0 Å². The monoisotopic (exact) mass is 375 g/mol. The fourth-order valence-corrected chi connectivity index (χ4v) is 3.17. The summed E-state index contributed by atoms with van der Waals surface area (Å²) in [5.41, 5.74) is 3.17. The Labute approximate surface area is 167 Å². The van der Waals surface area contributed by atoms with Gasteiger partial charge in [0.1, 0.15) is 0 Å². The van der Waals surface area contributed by atoms with E-state index in [0.717, 1.165) is 17.8 Å². The van der Waals surface area contributed by atoms with E-state index in [1.54, 1.807) is 0 Å². The van der Waals surface area contributed by atoms with Crippen molar-refractivity contribution in [1.82, 2.24) is 14.8 Å². The zero-order valence-corrected chi connectivity index (χ0v) is 16.9. The van der Waals surface area contributed by atoms with Gasteiger partial charge in [-0.25, -0.2) is 4.79 Å². The van der Waals surface area contributed by atoms with Crippen LogP contribution in [0.25, 0.3) is 0 Å². The largest absolute Gasteiger partial charge is 0.345 e. The van der Waals surface area contributed by atoms with Gasteiger partial charge >= 0.3 is 6.03 Å². The first-order chi connectivity index (χ1) is 13.4. The van der Waals surface area contributed by atoms with E-state index in [0.29, 0.717) is 13.1 Å². The van der Waals surface area contributed by atoms with Crippen molar-refractivity contribution < 1.29 is 4.79 Å². The highest BCUT2D eigenvalue weighted by Gasteiger charge is 2.27. The second kappa shape index (κ2) is 8.79. The van der Waals surface area contributed by atoms with E-state index in [1.807, 2.05) is 47.4 Å². The van der Waals surface area contributed by atoms with Gasteiger partial charge in [-0.2, -0.15) is 0 Å². The minimum absolute atomic E-state index is 0.0520. The Hall–Kier alpha value is -3.01. The topological polar surface area (TPSA) is 37.3 Å². The second-order valence-corrected chi connectivity index (χ2v) is 8.01. The third-order valence-corrected chi connectivity index (χ3v) is 4.78. The molecule has 146 valence electrons. The summed E-state index contributed by atoms with van der Waals surface area (Å²) in [5.74, 6) is 0. The molecule has 4 heteroatoms. The maximum atomic E-state index is 13.0. The zero-order chi connectivity index (χ0) is 20.0. The average Bonchev–Trinajstić information content (AvgIpc) is 3.12. The molecule has 1 N–H and O–H groups in total. The van der Waals surface area contributed by atoms with Crippen LogP contribution in [0.4, 0.5) is 4.79 Å². The molecule has 3 rings (SSSR count).